The van der Waals surface area contributed by atoms with Crippen molar-refractivity contribution in [3.63, 3.8) is 0 Å². The van der Waals surface area contributed by atoms with E-state index in [0.29, 0.717) is 22.6 Å². The van der Waals surface area contributed by atoms with Crippen molar-refractivity contribution in [3.05, 3.63) is 34.3 Å². The van der Waals surface area contributed by atoms with E-state index in [0.717, 1.165) is 24.0 Å². The third-order valence-electron chi connectivity index (χ3n) is 3.57. The lowest BCUT2D eigenvalue weighted by Crippen LogP contribution is -2.19. The van der Waals surface area contributed by atoms with Crippen LogP contribution in [0, 0.1) is 0 Å². The first kappa shape index (κ1) is 14.0. The Bertz CT molecular complexity index is 430. The molecular weight excluding hydrogens is 266 g/mol. The zero-order chi connectivity index (χ0) is 13.0. The van der Waals surface area contributed by atoms with Gasteiger partial charge in [0.1, 0.15) is 0 Å². The molecule has 0 saturated heterocycles. The summed E-state index contributed by atoms with van der Waals surface area (Å²) in [5.41, 5.74) is 7.57. The molecule has 100 valence electrons. The minimum atomic E-state index is -0.792. The average Bonchev–Trinajstić information content (AvgIpc) is 2.42. The van der Waals surface area contributed by atoms with E-state index in [1.54, 1.807) is 0 Å². The second-order valence-electron chi connectivity index (χ2n) is 4.91. The highest BCUT2D eigenvalue weighted by atomic mass is 35.5. The molecule has 0 aromatic heterocycles. The molecule has 1 aliphatic carbocycles. The smallest absolute Gasteiger partial charge is 0.0503 e. The minimum absolute atomic E-state index is 0.365. The van der Waals surface area contributed by atoms with Crippen molar-refractivity contribution in [2.24, 2.45) is 5.73 Å². The fourth-order valence-corrected chi connectivity index (χ4v) is 4.44. The molecule has 0 heterocycles. The molecule has 0 amide bonds. The van der Waals surface area contributed by atoms with Crippen LogP contribution in [0.4, 0.5) is 0 Å². The van der Waals surface area contributed by atoms with Gasteiger partial charge in [0.05, 0.1) is 5.75 Å². The van der Waals surface area contributed by atoms with E-state index in [1.165, 1.54) is 19.3 Å². The van der Waals surface area contributed by atoms with Crippen molar-refractivity contribution in [2.45, 2.75) is 49.7 Å². The maximum atomic E-state index is 12.3. The number of benzene rings is 1. The molecule has 2 N–H and O–H groups in total. The molecule has 1 aromatic carbocycles. The van der Waals surface area contributed by atoms with Crippen molar-refractivity contribution >= 4 is 22.4 Å². The van der Waals surface area contributed by atoms with Crippen LogP contribution in [-0.4, -0.2) is 9.46 Å². The summed E-state index contributed by atoms with van der Waals surface area (Å²) in [7, 11) is -0.792. The van der Waals surface area contributed by atoms with E-state index in [2.05, 4.69) is 0 Å². The largest absolute Gasteiger partial charge is 0.326 e. The van der Waals surface area contributed by atoms with Crippen LogP contribution in [0.1, 0.15) is 43.2 Å². The lowest BCUT2D eigenvalue weighted by Gasteiger charge is -2.21. The summed E-state index contributed by atoms with van der Waals surface area (Å²) < 4.78 is 12.3. The van der Waals surface area contributed by atoms with Gasteiger partial charge in [-0.25, -0.2) is 0 Å². The summed E-state index contributed by atoms with van der Waals surface area (Å²) >= 11 is 6.20. The van der Waals surface area contributed by atoms with Crippen molar-refractivity contribution < 1.29 is 4.21 Å². The summed E-state index contributed by atoms with van der Waals surface area (Å²) in [6, 6.07) is 5.82. The molecule has 0 spiro atoms. The highest BCUT2D eigenvalue weighted by molar-refractivity contribution is 7.84. The zero-order valence-corrected chi connectivity index (χ0v) is 12.1. The summed E-state index contributed by atoms with van der Waals surface area (Å²) in [5, 5.41) is 1.06. The van der Waals surface area contributed by atoms with Gasteiger partial charge in [0.2, 0.25) is 0 Å². The third-order valence-corrected chi connectivity index (χ3v) is 5.74. The van der Waals surface area contributed by atoms with Gasteiger partial charge in [-0.05, 0) is 30.0 Å². The van der Waals surface area contributed by atoms with Gasteiger partial charge < -0.3 is 5.73 Å². The highest BCUT2D eigenvalue weighted by Gasteiger charge is 2.20. The molecule has 1 aliphatic rings. The van der Waals surface area contributed by atoms with Crippen molar-refractivity contribution in [2.75, 3.05) is 0 Å². The maximum absolute atomic E-state index is 12.3. The number of nitrogens with two attached hydrogens (primary N) is 1. The van der Waals surface area contributed by atoms with Gasteiger partial charge >= 0.3 is 0 Å². The monoisotopic (exact) mass is 285 g/mol. The fraction of sp³-hybridized carbons (Fsp3) is 0.571. The Morgan fingerprint density at radius 1 is 1.28 bits per heavy atom. The van der Waals surface area contributed by atoms with Crippen LogP contribution in [0.5, 0.6) is 0 Å². The molecule has 1 aromatic rings. The topological polar surface area (TPSA) is 43.1 Å². The Kier molecular flexibility index (Phi) is 5.22. The lowest BCUT2D eigenvalue weighted by molar-refractivity contribution is 0.504. The Labute approximate surface area is 116 Å². The molecular formula is C14H20ClNOS. The normalized spacial score (nSPS) is 18.8. The van der Waals surface area contributed by atoms with Crippen LogP contribution in [0.15, 0.2) is 18.2 Å². The summed E-state index contributed by atoms with van der Waals surface area (Å²) in [5.74, 6) is 0.578. The van der Waals surface area contributed by atoms with Crippen LogP contribution in [0.25, 0.3) is 0 Å². The Morgan fingerprint density at radius 2 is 2.00 bits per heavy atom. The molecule has 1 unspecified atom stereocenters. The van der Waals surface area contributed by atoms with Crippen molar-refractivity contribution in [1.29, 1.82) is 0 Å². The first-order valence-corrected chi connectivity index (χ1v) is 8.31. The van der Waals surface area contributed by atoms with Crippen LogP contribution in [-0.2, 0) is 23.1 Å². The molecule has 18 heavy (non-hydrogen) atoms. The second-order valence-corrected chi connectivity index (χ2v) is 7.04. The van der Waals surface area contributed by atoms with Gasteiger partial charge in [0, 0.05) is 27.6 Å². The average molecular weight is 286 g/mol. The van der Waals surface area contributed by atoms with E-state index in [9.17, 15) is 4.21 Å². The third kappa shape index (κ3) is 3.56. The van der Waals surface area contributed by atoms with E-state index in [4.69, 9.17) is 17.3 Å². The van der Waals surface area contributed by atoms with Gasteiger partial charge in [0.25, 0.3) is 0 Å². The molecule has 4 heteroatoms. The van der Waals surface area contributed by atoms with Gasteiger partial charge in [-0.15, -0.1) is 0 Å². The first-order valence-electron chi connectivity index (χ1n) is 6.55. The Balaban J connectivity index is 2.02. The van der Waals surface area contributed by atoms with Crippen molar-refractivity contribution in [1.82, 2.24) is 0 Å². The van der Waals surface area contributed by atoms with Gasteiger partial charge in [-0.2, -0.15) is 0 Å². The van der Waals surface area contributed by atoms with Crippen LogP contribution in [0.3, 0.4) is 0 Å². The summed E-state index contributed by atoms with van der Waals surface area (Å²) in [6.45, 7) is 0.492. The fourth-order valence-electron chi connectivity index (χ4n) is 2.43. The molecule has 2 rings (SSSR count). The molecule has 2 nitrogen and oxygen atoms in total. The Morgan fingerprint density at radius 3 is 2.61 bits per heavy atom. The van der Waals surface area contributed by atoms with Gasteiger partial charge in [0.15, 0.2) is 0 Å². The van der Waals surface area contributed by atoms with Crippen LogP contribution in [0.2, 0.25) is 5.02 Å². The van der Waals surface area contributed by atoms with E-state index in [1.807, 2.05) is 18.2 Å². The predicted octanol–water partition coefficient (Wildman–Crippen LogP) is 3.38. The predicted molar refractivity (Wildman–Crippen MR) is 78.1 cm³/mol. The number of hydrogen-bond acceptors (Lipinski definition) is 2. The molecule has 0 radical (unpaired) electrons. The standard InChI is InChI=1S/C14H20ClNOS/c15-14-8-11(9-16)6-7-12(14)10-18(17)13-4-2-1-3-5-13/h6-8,13H,1-5,9-10,16H2. The Hall–Kier alpha value is -0.380. The zero-order valence-electron chi connectivity index (χ0n) is 10.5. The van der Waals surface area contributed by atoms with Crippen LogP contribution >= 0.6 is 11.6 Å². The number of hydrogen-bond donors (Lipinski definition) is 1. The number of halogens is 1. The van der Waals surface area contributed by atoms with E-state index >= 15 is 0 Å². The molecule has 1 fully saturated rings. The maximum Gasteiger partial charge on any atom is 0.0503 e. The summed E-state index contributed by atoms with van der Waals surface area (Å²) in [6.07, 6.45) is 5.93. The number of rotatable bonds is 4. The second kappa shape index (κ2) is 6.69. The molecule has 1 saturated carbocycles. The SMILES string of the molecule is NCc1ccc(CS(=O)C2CCCCC2)c(Cl)c1. The highest BCUT2D eigenvalue weighted by Crippen LogP contribution is 2.26. The molecule has 0 bridgehead atoms. The first-order chi connectivity index (χ1) is 8.70. The molecule has 0 aliphatic heterocycles. The minimum Gasteiger partial charge on any atom is -0.326 e. The van der Waals surface area contributed by atoms with E-state index in [-0.39, 0.29) is 0 Å². The van der Waals surface area contributed by atoms with Crippen LogP contribution < -0.4 is 5.73 Å². The van der Waals surface area contributed by atoms with Crippen molar-refractivity contribution in [3.8, 4) is 0 Å². The van der Waals surface area contributed by atoms with Gasteiger partial charge in [-0.1, -0.05) is 43.0 Å². The quantitative estimate of drug-likeness (QED) is 0.921. The summed E-state index contributed by atoms with van der Waals surface area (Å²) in [4.78, 5) is 0. The van der Waals surface area contributed by atoms with Gasteiger partial charge in [-0.3, -0.25) is 4.21 Å². The molecule has 1 atom stereocenters. The lowest BCUT2D eigenvalue weighted by atomic mass is 10.0. The van der Waals surface area contributed by atoms with E-state index < -0.39 is 10.8 Å².